The van der Waals surface area contributed by atoms with Crippen LogP contribution >= 0.6 is 0 Å². The Bertz CT molecular complexity index is 1230. The Labute approximate surface area is 229 Å². The maximum atomic E-state index is 11.3. The smallest absolute Gasteiger partial charge is 0.414 e. The van der Waals surface area contributed by atoms with Crippen LogP contribution in [0.5, 0.6) is 5.75 Å². The van der Waals surface area contributed by atoms with Gasteiger partial charge in [-0.3, -0.25) is 0 Å². The number of nitrogens with zero attached hydrogens (tertiary/aromatic N) is 1. The molecule has 0 radical (unpaired) electrons. The van der Waals surface area contributed by atoms with Gasteiger partial charge >= 0.3 is 11.9 Å². The zero-order valence-electron chi connectivity index (χ0n) is 22.9. The van der Waals surface area contributed by atoms with Gasteiger partial charge in [-0.2, -0.15) is 0 Å². The predicted octanol–water partition coefficient (Wildman–Crippen LogP) is 4.79. The highest BCUT2D eigenvalue weighted by molar-refractivity contribution is 6.27. The lowest BCUT2D eigenvalue weighted by Gasteiger charge is -2.38. The molecule has 39 heavy (non-hydrogen) atoms. The van der Waals surface area contributed by atoms with Gasteiger partial charge in [0.2, 0.25) is 0 Å². The summed E-state index contributed by atoms with van der Waals surface area (Å²) in [6.07, 6.45) is 1.25. The second-order valence-electron chi connectivity index (χ2n) is 10.7. The molecule has 0 saturated heterocycles. The van der Waals surface area contributed by atoms with Crippen LogP contribution < -0.4 is 15.0 Å². The number of rotatable bonds is 7. The highest BCUT2D eigenvalue weighted by Gasteiger charge is 2.33. The van der Waals surface area contributed by atoms with E-state index in [9.17, 15) is 5.11 Å². The fraction of sp³-hybridized carbons (Fsp3) is 0.355. The van der Waals surface area contributed by atoms with Gasteiger partial charge in [-0.05, 0) is 61.9 Å². The SMILES string of the molecule is CN(Cc1ccccc1)c1c(OCc2ccccc2)ccc2c1CC[C@H](NC(C)(C)C)[C@@H]2O.O=C(O)C(=O)O. The average molecular weight is 535 g/mol. The van der Waals surface area contributed by atoms with E-state index in [1.54, 1.807) is 0 Å². The van der Waals surface area contributed by atoms with E-state index in [2.05, 4.69) is 80.5 Å². The molecule has 4 N–H and O–H groups in total. The first-order valence-electron chi connectivity index (χ1n) is 13.0. The second kappa shape index (κ2) is 13.3. The number of aliphatic carboxylic acids is 2. The summed E-state index contributed by atoms with van der Waals surface area (Å²) in [7, 11) is 2.11. The monoisotopic (exact) mass is 534 g/mol. The third-order valence-electron chi connectivity index (χ3n) is 6.37. The van der Waals surface area contributed by atoms with Crippen LogP contribution in [0, 0.1) is 0 Å². The number of hydrogen-bond donors (Lipinski definition) is 4. The van der Waals surface area contributed by atoms with Gasteiger partial charge in [-0.15, -0.1) is 0 Å². The third-order valence-corrected chi connectivity index (χ3v) is 6.37. The molecule has 0 unspecified atom stereocenters. The van der Waals surface area contributed by atoms with E-state index in [0.29, 0.717) is 6.61 Å². The quantitative estimate of drug-likeness (QED) is 0.320. The number of carboxylic acid groups (broad SMARTS) is 2. The largest absolute Gasteiger partial charge is 0.487 e. The van der Waals surface area contributed by atoms with Crippen molar-refractivity contribution in [2.75, 3.05) is 11.9 Å². The van der Waals surface area contributed by atoms with Crippen LogP contribution in [0.3, 0.4) is 0 Å². The van der Waals surface area contributed by atoms with E-state index in [1.165, 1.54) is 11.1 Å². The minimum Gasteiger partial charge on any atom is -0.487 e. The summed E-state index contributed by atoms with van der Waals surface area (Å²) < 4.78 is 6.35. The van der Waals surface area contributed by atoms with Crippen LogP contribution in [-0.4, -0.2) is 45.9 Å². The number of carbonyl (C=O) groups is 2. The molecule has 0 saturated carbocycles. The Kier molecular flexibility index (Phi) is 10.1. The zero-order chi connectivity index (χ0) is 28.6. The predicted molar refractivity (Wildman–Crippen MR) is 151 cm³/mol. The first-order valence-corrected chi connectivity index (χ1v) is 13.0. The Morgan fingerprint density at radius 2 is 1.49 bits per heavy atom. The molecule has 0 aromatic heterocycles. The van der Waals surface area contributed by atoms with Crippen molar-refractivity contribution in [2.24, 2.45) is 0 Å². The van der Waals surface area contributed by atoms with E-state index in [4.69, 9.17) is 24.5 Å². The molecule has 1 aliphatic rings. The number of nitrogens with one attached hydrogen (secondary N) is 1. The maximum absolute atomic E-state index is 11.3. The van der Waals surface area contributed by atoms with Crippen molar-refractivity contribution in [3.8, 4) is 5.75 Å². The summed E-state index contributed by atoms with van der Waals surface area (Å²) in [5, 5.41) is 29.6. The van der Waals surface area contributed by atoms with Crippen LogP contribution in [0.1, 0.15) is 55.5 Å². The average Bonchev–Trinajstić information content (AvgIpc) is 2.89. The lowest BCUT2D eigenvalue weighted by Crippen LogP contribution is -2.48. The Balaban J connectivity index is 0.000000631. The molecule has 0 fully saturated rings. The van der Waals surface area contributed by atoms with Crippen LogP contribution in [0.15, 0.2) is 72.8 Å². The van der Waals surface area contributed by atoms with E-state index >= 15 is 0 Å². The van der Waals surface area contributed by atoms with Crippen LogP contribution in [-0.2, 0) is 29.2 Å². The molecular weight excluding hydrogens is 496 g/mol. The highest BCUT2D eigenvalue weighted by atomic mass is 16.5. The van der Waals surface area contributed by atoms with Gasteiger partial charge in [0.25, 0.3) is 0 Å². The molecule has 3 aromatic carbocycles. The minimum absolute atomic E-state index is 0.0425. The van der Waals surface area contributed by atoms with Crippen molar-refractivity contribution in [2.45, 2.75) is 64.4 Å². The summed E-state index contributed by atoms with van der Waals surface area (Å²) in [6, 6.07) is 24.9. The standard InChI is InChI=1S/C29H36N2O2.C2H2O4/c1-29(2,3)30-25-17-15-23-24(28(25)32)16-18-26(33-20-22-13-9-6-10-14-22)27(23)31(4)19-21-11-7-5-8-12-21;3-1(4)2(5)6/h5-14,16,18,25,28,30,32H,15,17,19-20H2,1-4H3;(H,3,4)(H,5,6)/t25-,28+;/m0./s1. The summed E-state index contributed by atoms with van der Waals surface area (Å²) in [4.78, 5) is 20.5. The van der Waals surface area contributed by atoms with Gasteiger partial charge in [0.1, 0.15) is 12.4 Å². The van der Waals surface area contributed by atoms with Crippen molar-refractivity contribution < 1.29 is 29.6 Å². The summed E-state index contributed by atoms with van der Waals surface area (Å²) >= 11 is 0. The number of aliphatic hydroxyl groups excluding tert-OH is 1. The second-order valence-corrected chi connectivity index (χ2v) is 10.7. The number of ether oxygens (including phenoxy) is 1. The highest BCUT2D eigenvalue weighted by Crippen LogP contribution is 2.42. The molecule has 3 aromatic rings. The molecule has 0 amide bonds. The first-order chi connectivity index (χ1) is 18.5. The third kappa shape index (κ3) is 8.56. The van der Waals surface area contributed by atoms with Crippen molar-refractivity contribution in [1.29, 1.82) is 0 Å². The Morgan fingerprint density at radius 3 is 2.03 bits per heavy atom. The zero-order valence-corrected chi connectivity index (χ0v) is 22.9. The number of aliphatic hydroxyl groups is 1. The molecule has 8 nitrogen and oxygen atoms in total. The van der Waals surface area contributed by atoms with E-state index < -0.39 is 18.0 Å². The van der Waals surface area contributed by atoms with Crippen LogP contribution in [0.4, 0.5) is 5.69 Å². The van der Waals surface area contributed by atoms with Crippen molar-refractivity contribution in [3.63, 3.8) is 0 Å². The molecule has 4 rings (SSSR count). The van der Waals surface area contributed by atoms with Gasteiger partial charge in [-0.25, -0.2) is 9.59 Å². The normalized spacial score (nSPS) is 16.3. The van der Waals surface area contributed by atoms with Gasteiger partial charge in [-0.1, -0.05) is 66.7 Å². The lowest BCUT2D eigenvalue weighted by molar-refractivity contribution is -0.159. The van der Waals surface area contributed by atoms with Gasteiger partial charge < -0.3 is 30.3 Å². The molecule has 208 valence electrons. The number of fused-ring (bicyclic) bond motifs is 1. The van der Waals surface area contributed by atoms with Crippen LogP contribution in [0.25, 0.3) is 0 Å². The maximum Gasteiger partial charge on any atom is 0.414 e. The van der Waals surface area contributed by atoms with Crippen molar-refractivity contribution >= 4 is 17.6 Å². The summed E-state index contributed by atoms with van der Waals surface area (Å²) in [5.74, 6) is -2.78. The molecule has 0 bridgehead atoms. The van der Waals surface area contributed by atoms with Gasteiger partial charge in [0, 0.05) is 25.2 Å². The molecule has 0 aliphatic heterocycles. The first kappa shape index (κ1) is 29.7. The molecule has 0 heterocycles. The van der Waals surface area contributed by atoms with E-state index in [1.807, 2.05) is 30.3 Å². The fourth-order valence-electron chi connectivity index (χ4n) is 4.76. The number of hydrogen-bond acceptors (Lipinski definition) is 6. The number of benzene rings is 3. The molecule has 0 spiro atoms. The summed E-state index contributed by atoms with van der Waals surface area (Å²) in [6.45, 7) is 7.74. The fourth-order valence-corrected chi connectivity index (χ4v) is 4.76. The minimum atomic E-state index is -1.82. The summed E-state index contributed by atoms with van der Waals surface area (Å²) in [5.41, 5.74) is 5.62. The Morgan fingerprint density at radius 1 is 0.923 bits per heavy atom. The van der Waals surface area contributed by atoms with Crippen molar-refractivity contribution in [3.05, 3.63) is 95.1 Å². The molecule has 2 atom stereocenters. The number of anilines is 1. The Hall–Kier alpha value is -3.88. The topological polar surface area (TPSA) is 119 Å². The molecule has 8 heteroatoms. The molecule has 1 aliphatic carbocycles. The number of carboxylic acids is 2. The van der Waals surface area contributed by atoms with E-state index in [0.717, 1.165) is 42.0 Å². The van der Waals surface area contributed by atoms with E-state index in [-0.39, 0.29) is 11.6 Å². The lowest BCUT2D eigenvalue weighted by atomic mass is 9.83. The van der Waals surface area contributed by atoms with Crippen molar-refractivity contribution in [1.82, 2.24) is 5.32 Å². The van der Waals surface area contributed by atoms with Gasteiger partial charge in [0.15, 0.2) is 0 Å². The molecular formula is C31H38N2O6. The van der Waals surface area contributed by atoms with Gasteiger partial charge in [0.05, 0.1) is 11.8 Å². The van der Waals surface area contributed by atoms with Crippen LogP contribution in [0.2, 0.25) is 0 Å².